The first-order chi connectivity index (χ1) is 10.1. The Morgan fingerprint density at radius 2 is 2.10 bits per heavy atom. The first-order valence-corrected chi connectivity index (χ1v) is 7.43. The predicted octanol–water partition coefficient (Wildman–Crippen LogP) is 2.05. The van der Waals surface area contributed by atoms with Crippen LogP contribution in [0.15, 0.2) is 29.6 Å². The number of aryl methyl sites for hydroxylation is 1. The largest absolute Gasteiger partial charge is 0.476 e. The van der Waals surface area contributed by atoms with Gasteiger partial charge in [0.1, 0.15) is 0 Å². The van der Waals surface area contributed by atoms with E-state index in [1.807, 2.05) is 31.2 Å². The molecule has 0 saturated carbocycles. The van der Waals surface area contributed by atoms with Gasteiger partial charge in [-0.3, -0.25) is 4.79 Å². The van der Waals surface area contributed by atoms with Gasteiger partial charge in [0, 0.05) is 18.3 Å². The van der Waals surface area contributed by atoms with Crippen molar-refractivity contribution in [3.63, 3.8) is 0 Å². The average molecular weight is 304 g/mol. The standard InChI is InChI=1S/C15H16N2O3S/c1-10-4-2-3-5-11(10)8-13(18)16-7-6-14-17-12(9-21-14)15(19)20/h2-5,9H,6-8H2,1H3,(H,16,18)(H,19,20). The zero-order chi connectivity index (χ0) is 15.2. The topological polar surface area (TPSA) is 79.3 Å². The number of aromatic nitrogens is 1. The Bertz CT molecular complexity index is 652. The molecule has 2 aromatic rings. The molecule has 0 aliphatic heterocycles. The van der Waals surface area contributed by atoms with E-state index < -0.39 is 5.97 Å². The maximum atomic E-state index is 11.8. The van der Waals surface area contributed by atoms with Crippen LogP contribution in [0, 0.1) is 6.92 Å². The summed E-state index contributed by atoms with van der Waals surface area (Å²) >= 11 is 1.29. The number of rotatable bonds is 6. The van der Waals surface area contributed by atoms with Crippen LogP contribution in [0.1, 0.15) is 26.6 Å². The fourth-order valence-electron chi connectivity index (χ4n) is 1.88. The van der Waals surface area contributed by atoms with Gasteiger partial charge in [0.25, 0.3) is 0 Å². The second-order valence-electron chi connectivity index (χ2n) is 4.63. The van der Waals surface area contributed by atoms with Gasteiger partial charge in [-0.2, -0.15) is 0 Å². The van der Waals surface area contributed by atoms with Crippen molar-refractivity contribution in [3.05, 3.63) is 51.5 Å². The number of hydrogen-bond donors (Lipinski definition) is 2. The van der Waals surface area contributed by atoms with Crippen LogP contribution >= 0.6 is 11.3 Å². The molecular formula is C15H16N2O3S. The minimum Gasteiger partial charge on any atom is -0.476 e. The molecule has 110 valence electrons. The SMILES string of the molecule is Cc1ccccc1CC(=O)NCCc1nc(C(=O)O)cs1. The van der Waals surface area contributed by atoms with Crippen molar-refractivity contribution in [3.8, 4) is 0 Å². The highest BCUT2D eigenvalue weighted by atomic mass is 32.1. The van der Waals surface area contributed by atoms with Gasteiger partial charge in [-0.1, -0.05) is 24.3 Å². The number of thiazole rings is 1. The van der Waals surface area contributed by atoms with E-state index in [-0.39, 0.29) is 11.6 Å². The molecule has 2 N–H and O–H groups in total. The van der Waals surface area contributed by atoms with E-state index in [2.05, 4.69) is 10.3 Å². The Labute approximate surface area is 126 Å². The third-order valence-corrected chi connectivity index (χ3v) is 3.95. The van der Waals surface area contributed by atoms with Crippen molar-refractivity contribution in [1.82, 2.24) is 10.3 Å². The summed E-state index contributed by atoms with van der Waals surface area (Å²) in [5.74, 6) is -1.07. The summed E-state index contributed by atoms with van der Waals surface area (Å²) in [6.45, 7) is 2.43. The number of carboxylic acid groups (broad SMARTS) is 1. The molecule has 0 saturated heterocycles. The molecule has 21 heavy (non-hydrogen) atoms. The third-order valence-electron chi connectivity index (χ3n) is 3.04. The number of carbonyl (C=O) groups is 2. The number of carbonyl (C=O) groups excluding carboxylic acids is 1. The molecule has 1 aromatic carbocycles. The molecule has 0 fully saturated rings. The molecule has 2 rings (SSSR count). The minimum atomic E-state index is -1.03. The fourth-order valence-corrected chi connectivity index (χ4v) is 2.65. The van der Waals surface area contributed by atoms with Gasteiger partial charge < -0.3 is 10.4 Å². The van der Waals surface area contributed by atoms with Gasteiger partial charge in [-0.25, -0.2) is 9.78 Å². The number of carboxylic acids is 1. The molecule has 1 aromatic heterocycles. The van der Waals surface area contributed by atoms with Crippen LogP contribution in [0.5, 0.6) is 0 Å². The Morgan fingerprint density at radius 3 is 2.76 bits per heavy atom. The van der Waals surface area contributed by atoms with Gasteiger partial charge in [0.05, 0.1) is 11.4 Å². The Kier molecular flexibility index (Phi) is 5.05. The average Bonchev–Trinajstić information content (AvgIpc) is 2.90. The van der Waals surface area contributed by atoms with Gasteiger partial charge in [-0.05, 0) is 18.1 Å². The van der Waals surface area contributed by atoms with E-state index in [9.17, 15) is 9.59 Å². The van der Waals surface area contributed by atoms with Crippen LogP contribution in [0.3, 0.4) is 0 Å². The van der Waals surface area contributed by atoms with Crippen molar-refractivity contribution in [1.29, 1.82) is 0 Å². The lowest BCUT2D eigenvalue weighted by atomic mass is 10.1. The highest BCUT2D eigenvalue weighted by Gasteiger charge is 2.09. The number of benzene rings is 1. The van der Waals surface area contributed by atoms with Crippen LogP contribution in [0.2, 0.25) is 0 Å². The van der Waals surface area contributed by atoms with E-state index in [0.717, 1.165) is 11.1 Å². The van der Waals surface area contributed by atoms with Crippen molar-refractivity contribution in [2.75, 3.05) is 6.54 Å². The smallest absolute Gasteiger partial charge is 0.355 e. The molecule has 1 amide bonds. The summed E-state index contributed by atoms with van der Waals surface area (Å²) in [5.41, 5.74) is 2.16. The summed E-state index contributed by atoms with van der Waals surface area (Å²) < 4.78 is 0. The molecule has 0 radical (unpaired) electrons. The highest BCUT2D eigenvalue weighted by Crippen LogP contribution is 2.10. The summed E-state index contributed by atoms with van der Waals surface area (Å²) in [6.07, 6.45) is 0.891. The van der Waals surface area contributed by atoms with Crippen LogP contribution < -0.4 is 5.32 Å². The number of nitrogens with zero attached hydrogens (tertiary/aromatic N) is 1. The lowest BCUT2D eigenvalue weighted by Crippen LogP contribution is -2.27. The number of amides is 1. The van der Waals surface area contributed by atoms with Crippen molar-refractivity contribution in [2.24, 2.45) is 0 Å². The van der Waals surface area contributed by atoms with E-state index in [4.69, 9.17) is 5.11 Å². The summed E-state index contributed by atoms with van der Waals surface area (Å²) in [6, 6.07) is 7.78. The number of nitrogens with one attached hydrogen (secondary N) is 1. The van der Waals surface area contributed by atoms with E-state index in [0.29, 0.717) is 24.4 Å². The predicted molar refractivity (Wildman–Crippen MR) is 80.7 cm³/mol. The van der Waals surface area contributed by atoms with Crippen LogP contribution in [-0.4, -0.2) is 28.5 Å². The molecule has 0 unspecified atom stereocenters. The maximum Gasteiger partial charge on any atom is 0.355 e. The van der Waals surface area contributed by atoms with Gasteiger partial charge in [-0.15, -0.1) is 11.3 Å². The summed E-state index contributed by atoms with van der Waals surface area (Å²) in [5, 5.41) is 13.8. The molecule has 0 aliphatic rings. The molecule has 1 heterocycles. The van der Waals surface area contributed by atoms with Crippen molar-refractivity contribution >= 4 is 23.2 Å². The lowest BCUT2D eigenvalue weighted by molar-refractivity contribution is -0.120. The monoisotopic (exact) mass is 304 g/mol. The maximum absolute atomic E-state index is 11.8. The second kappa shape index (κ2) is 6.99. The molecular weight excluding hydrogens is 288 g/mol. The van der Waals surface area contributed by atoms with Crippen LogP contribution in [0.4, 0.5) is 0 Å². The first kappa shape index (κ1) is 15.2. The molecule has 0 atom stereocenters. The summed E-state index contributed by atoms with van der Waals surface area (Å²) in [4.78, 5) is 26.5. The van der Waals surface area contributed by atoms with E-state index in [1.54, 1.807) is 0 Å². The Morgan fingerprint density at radius 1 is 1.33 bits per heavy atom. The van der Waals surface area contributed by atoms with E-state index in [1.165, 1.54) is 16.7 Å². The zero-order valence-corrected chi connectivity index (χ0v) is 12.4. The minimum absolute atomic E-state index is 0.0423. The first-order valence-electron chi connectivity index (χ1n) is 6.55. The Balaban J connectivity index is 1.79. The van der Waals surface area contributed by atoms with Crippen LogP contribution in [-0.2, 0) is 17.6 Å². The Hall–Kier alpha value is -2.21. The van der Waals surface area contributed by atoms with Gasteiger partial charge in [0.2, 0.25) is 5.91 Å². The van der Waals surface area contributed by atoms with Gasteiger partial charge >= 0.3 is 5.97 Å². The molecule has 5 nitrogen and oxygen atoms in total. The molecule has 6 heteroatoms. The van der Waals surface area contributed by atoms with Crippen molar-refractivity contribution < 1.29 is 14.7 Å². The normalized spacial score (nSPS) is 10.3. The molecule has 0 bridgehead atoms. The number of aromatic carboxylic acids is 1. The number of hydrogen-bond acceptors (Lipinski definition) is 4. The van der Waals surface area contributed by atoms with Crippen molar-refractivity contribution in [2.45, 2.75) is 19.8 Å². The second-order valence-corrected chi connectivity index (χ2v) is 5.58. The van der Waals surface area contributed by atoms with Crippen LogP contribution in [0.25, 0.3) is 0 Å². The highest BCUT2D eigenvalue weighted by molar-refractivity contribution is 7.09. The third kappa shape index (κ3) is 4.39. The van der Waals surface area contributed by atoms with E-state index >= 15 is 0 Å². The summed E-state index contributed by atoms with van der Waals surface area (Å²) in [7, 11) is 0. The quantitative estimate of drug-likeness (QED) is 0.856. The fraction of sp³-hybridized carbons (Fsp3) is 0.267. The zero-order valence-electron chi connectivity index (χ0n) is 11.6. The molecule has 0 aliphatic carbocycles. The van der Waals surface area contributed by atoms with Gasteiger partial charge in [0.15, 0.2) is 5.69 Å². The lowest BCUT2D eigenvalue weighted by Gasteiger charge is -2.06. The molecule has 0 spiro atoms.